The van der Waals surface area contributed by atoms with E-state index in [2.05, 4.69) is 0 Å². The molecule has 1 amide bonds. The van der Waals surface area contributed by atoms with Crippen LogP contribution in [0.1, 0.15) is 37.3 Å². The predicted molar refractivity (Wildman–Crippen MR) is 87.4 cm³/mol. The van der Waals surface area contributed by atoms with Gasteiger partial charge in [-0.2, -0.15) is 0 Å². The molecule has 126 valence electrons. The number of carbonyl (C=O) groups excluding carboxylic acids is 2. The van der Waals surface area contributed by atoms with Crippen molar-refractivity contribution in [3.63, 3.8) is 0 Å². The zero-order valence-corrected chi connectivity index (χ0v) is 14.0. The minimum atomic E-state index is -0.431. The van der Waals surface area contributed by atoms with E-state index in [-0.39, 0.29) is 29.5 Å². The van der Waals surface area contributed by atoms with Crippen LogP contribution in [0.25, 0.3) is 0 Å². The quantitative estimate of drug-likeness (QED) is 0.838. The maximum atomic E-state index is 13.2. The highest BCUT2D eigenvalue weighted by Crippen LogP contribution is 2.47. The molecule has 1 aromatic rings. The summed E-state index contributed by atoms with van der Waals surface area (Å²) >= 11 is 0. The van der Waals surface area contributed by atoms with Gasteiger partial charge < -0.3 is 14.4 Å². The van der Waals surface area contributed by atoms with Crippen LogP contribution in [-0.4, -0.2) is 36.9 Å². The van der Waals surface area contributed by atoms with Crippen LogP contribution in [0.5, 0.6) is 5.75 Å². The number of Topliss-reactive ketones (excluding diaryl/α,β-unsaturated/α-hetero) is 1. The van der Waals surface area contributed by atoms with E-state index in [0.29, 0.717) is 11.3 Å². The summed E-state index contributed by atoms with van der Waals surface area (Å²) < 4.78 is 11.5. The van der Waals surface area contributed by atoms with E-state index in [4.69, 9.17) is 9.47 Å². The first kappa shape index (κ1) is 15.2. The molecule has 4 rings (SSSR count). The highest BCUT2D eigenvalue weighted by Gasteiger charge is 2.51. The summed E-state index contributed by atoms with van der Waals surface area (Å²) in [5.41, 5.74) is 1.34. The smallest absolute Gasteiger partial charge is 0.289 e. The molecule has 1 aliphatic carbocycles. The van der Waals surface area contributed by atoms with Crippen molar-refractivity contribution in [2.24, 2.45) is 5.92 Å². The largest absolute Gasteiger partial charge is 0.496 e. The van der Waals surface area contributed by atoms with Gasteiger partial charge in [0.25, 0.3) is 5.91 Å². The lowest BCUT2D eigenvalue weighted by atomic mass is 9.77. The van der Waals surface area contributed by atoms with Crippen LogP contribution in [0.15, 0.2) is 35.6 Å². The number of likely N-dealkylation sites (N-methyl/N-ethyl adjacent to an activating group) is 1. The molecular weight excluding hydrogens is 306 g/mol. The molecule has 5 heteroatoms. The lowest BCUT2D eigenvalue weighted by molar-refractivity contribution is -0.134. The Hall–Kier alpha value is -2.30. The molecule has 2 heterocycles. The second-order valence-corrected chi connectivity index (χ2v) is 6.71. The molecule has 3 aliphatic rings. The maximum absolute atomic E-state index is 13.2. The van der Waals surface area contributed by atoms with Crippen molar-refractivity contribution in [1.29, 1.82) is 0 Å². The molecule has 3 unspecified atom stereocenters. The average Bonchev–Trinajstić information content (AvgIpc) is 2.87. The number of methoxy groups -OCH3 is 1. The number of carbonyl (C=O) groups is 2. The summed E-state index contributed by atoms with van der Waals surface area (Å²) in [6.07, 6.45) is 3.65. The first-order valence-electron chi connectivity index (χ1n) is 8.48. The number of amides is 1. The van der Waals surface area contributed by atoms with Crippen molar-refractivity contribution in [2.75, 3.05) is 14.2 Å². The van der Waals surface area contributed by atoms with E-state index in [1.54, 1.807) is 19.1 Å². The Morgan fingerprint density at radius 3 is 2.71 bits per heavy atom. The fraction of sp³-hybridized carbons (Fsp3) is 0.474. The minimum absolute atomic E-state index is 0.0783. The molecule has 24 heavy (non-hydrogen) atoms. The fourth-order valence-corrected chi connectivity index (χ4v) is 4.22. The van der Waals surface area contributed by atoms with Gasteiger partial charge in [-0.3, -0.25) is 9.59 Å². The molecule has 0 saturated heterocycles. The van der Waals surface area contributed by atoms with Gasteiger partial charge in [0.2, 0.25) is 0 Å². The van der Waals surface area contributed by atoms with Crippen LogP contribution in [0.4, 0.5) is 0 Å². The third-order valence-electron chi connectivity index (χ3n) is 5.43. The van der Waals surface area contributed by atoms with Gasteiger partial charge in [0.15, 0.2) is 11.5 Å². The monoisotopic (exact) mass is 327 g/mol. The predicted octanol–water partition coefficient (Wildman–Crippen LogP) is 2.62. The molecule has 0 spiro atoms. The SMILES string of the molecule is COc1ccccc1C1C2=C(OC3CCCCC3C2=O)C(=O)N1C. The van der Waals surface area contributed by atoms with Gasteiger partial charge >= 0.3 is 0 Å². The summed E-state index contributed by atoms with van der Waals surface area (Å²) in [7, 11) is 3.32. The minimum Gasteiger partial charge on any atom is -0.496 e. The number of nitrogens with zero attached hydrogens (tertiary/aromatic N) is 1. The van der Waals surface area contributed by atoms with Gasteiger partial charge in [0.1, 0.15) is 11.9 Å². The number of hydrogen-bond donors (Lipinski definition) is 0. The number of benzene rings is 1. The van der Waals surface area contributed by atoms with Crippen molar-refractivity contribution < 1.29 is 19.1 Å². The molecule has 2 aliphatic heterocycles. The van der Waals surface area contributed by atoms with Crippen molar-refractivity contribution in [2.45, 2.75) is 37.8 Å². The van der Waals surface area contributed by atoms with Crippen LogP contribution in [-0.2, 0) is 14.3 Å². The molecule has 5 nitrogen and oxygen atoms in total. The highest BCUT2D eigenvalue weighted by atomic mass is 16.5. The average molecular weight is 327 g/mol. The molecule has 1 aromatic carbocycles. The second kappa shape index (κ2) is 5.65. The van der Waals surface area contributed by atoms with Crippen LogP contribution in [0, 0.1) is 5.92 Å². The Bertz CT molecular complexity index is 739. The summed E-state index contributed by atoms with van der Waals surface area (Å²) in [6, 6.07) is 7.10. The summed E-state index contributed by atoms with van der Waals surface area (Å²) in [5.74, 6) is 0.679. The van der Waals surface area contributed by atoms with Gasteiger partial charge in [0, 0.05) is 12.6 Å². The van der Waals surface area contributed by atoms with E-state index in [9.17, 15) is 9.59 Å². The number of ether oxygens (including phenoxy) is 2. The summed E-state index contributed by atoms with van der Waals surface area (Å²) in [6.45, 7) is 0. The van der Waals surface area contributed by atoms with Crippen LogP contribution < -0.4 is 4.74 Å². The second-order valence-electron chi connectivity index (χ2n) is 6.71. The van der Waals surface area contributed by atoms with E-state index >= 15 is 0 Å². The van der Waals surface area contributed by atoms with Gasteiger partial charge in [0.05, 0.1) is 24.6 Å². The lowest BCUT2D eigenvalue weighted by Crippen LogP contribution is -2.39. The van der Waals surface area contributed by atoms with Gasteiger partial charge in [-0.05, 0) is 25.3 Å². The number of para-hydroxylation sites is 1. The Balaban J connectivity index is 1.82. The number of hydrogen-bond acceptors (Lipinski definition) is 4. The summed E-state index contributed by atoms with van der Waals surface area (Å²) in [4.78, 5) is 27.4. The van der Waals surface area contributed by atoms with Crippen LogP contribution in [0.3, 0.4) is 0 Å². The Kier molecular flexibility index (Phi) is 3.59. The molecule has 0 N–H and O–H groups in total. The first-order chi connectivity index (χ1) is 11.6. The molecular formula is C19H21NO4. The van der Waals surface area contributed by atoms with Crippen molar-refractivity contribution >= 4 is 11.7 Å². The van der Waals surface area contributed by atoms with Gasteiger partial charge in [-0.25, -0.2) is 0 Å². The van der Waals surface area contributed by atoms with E-state index in [0.717, 1.165) is 31.2 Å². The molecule has 0 aromatic heterocycles. The Labute approximate surface area is 141 Å². The van der Waals surface area contributed by atoms with E-state index in [1.807, 2.05) is 24.3 Å². The first-order valence-corrected chi connectivity index (χ1v) is 8.48. The van der Waals surface area contributed by atoms with Crippen molar-refractivity contribution in [3.8, 4) is 5.75 Å². The van der Waals surface area contributed by atoms with E-state index in [1.165, 1.54) is 0 Å². The van der Waals surface area contributed by atoms with Crippen molar-refractivity contribution in [3.05, 3.63) is 41.2 Å². The van der Waals surface area contributed by atoms with Gasteiger partial charge in [-0.1, -0.05) is 24.6 Å². The molecule has 1 saturated carbocycles. The highest BCUT2D eigenvalue weighted by molar-refractivity contribution is 6.11. The third kappa shape index (κ3) is 2.07. The Morgan fingerprint density at radius 1 is 1.17 bits per heavy atom. The van der Waals surface area contributed by atoms with Crippen LogP contribution in [0.2, 0.25) is 0 Å². The lowest BCUT2D eigenvalue weighted by Gasteiger charge is -2.35. The number of rotatable bonds is 2. The van der Waals surface area contributed by atoms with Gasteiger partial charge in [-0.15, -0.1) is 0 Å². The zero-order valence-electron chi connectivity index (χ0n) is 14.0. The number of ketones is 1. The Morgan fingerprint density at radius 2 is 1.92 bits per heavy atom. The molecule has 0 bridgehead atoms. The maximum Gasteiger partial charge on any atom is 0.289 e. The van der Waals surface area contributed by atoms with Crippen LogP contribution >= 0.6 is 0 Å². The summed E-state index contributed by atoms with van der Waals surface area (Å²) in [5, 5.41) is 0. The normalized spacial score (nSPS) is 29.2. The number of fused-ring (bicyclic) bond motifs is 1. The fourth-order valence-electron chi connectivity index (χ4n) is 4.22. The molecule has 0 radical (unpaired) electrons. The molecule has 3 atom stereocenters. The van der Waals surface area contributed by atoms with Crippen molar-refractivity contribution in [1.82, 2.24) is 4.90 Å². The van der Waals surface area contributed by atoms with E-state index < -0.39 is 6.04 Å². The standard InChI is InChI=1S/C19H21NO4/c1-20-16(11-7-3-5-9-13(11)23-2)15-17(21)12-8-4-6-10-14(12)24-18(15)19(20)22/h3,5,7,9,12,14,16H,4,6,8,10H2,1-2H3. The third-order valence-corrected chi connectivity index (χ3v) is 5.43. The topological polar surface area (TPSA) is 55.8 Å². The molecule has 1 fully saturated rings. The zero-order chi connectivity index (χ0) is 16.8.